The second kappa shape index (κ2) is 4.31. The summed E-state index contributed by atoms with van der Waals surface area (Å²) in [5.74, 6) is -1.54. The van der Waals surface area contributed by atoms with Crippen molar-refractivity contribution in [3.05, 3.63) is 12.2 Å². The largest absolute Gasteiger partial charge is 0.468 e. The van der Waals surface area contributed by atoms with Crippen LogP contribution in [0.5, 0.6) is 0 Å². The summed E-state index contributed by atoms with van der Waals surface area (Å²) in [7, 11) is 1.34. The topological polar surface area (TPSA) is 71.1 Å². The van der Waals surface area contributed by atoms with Crippen molar-refractivity contribution in [2.75, 3.05) is 20.3 Å². The summed E-state index contributed by atoms with van der Waals surface area (Å²) in [6, 6.07) is 0. The van der Waals surface area contributed by atoms with E-state index < -0.39 is 23.3 Å². The highest BCUT2D eigenvalue weighted by molar-refractivity contribution is 5.89. The van der Waals surface area contributed by atoms with Gasteiger partial charge in [0, 0.05) is 18.9 Å². The number of hydrogen-bond donors (Lipinski definition) is 0. The molecule has 0 aromatic rings. The zero-order valence-electron chi connectivity index (χ0n) is 10.7. The van der Waals surface area contributed by atoms with Crippen LogP contribution in [0.1, 0.15) is 19.3 Å². The van der Waals surface area contributed by atoms with E-state index >= 15 is 0 Å². The number of fused-ring (bicyclic) bond motifs is 1. The molecule has 0 unspecified atom stereocenters. The van der Waals surface area contributed by atoms with Gasteiger partial charge < -0.3 is 18.9 Å². The Morgan fingerprint density at radius 3 is 2.79 bits per heavy atom. The minimum absolute atomic E-state index is 0.359. The first-order valence-corrected chi connectivity index (χ1v) is 6.36. The molecule has 6 heteroatoms. The molecule has 3 rings (SSSR count). The van der Waals surface area contributed by atoms with Crippen molar-refractivity contribution in [1.82, 2.24) is 0 Å². The molecular weight excluding hydrogens is 252 g/mol. The minimum Gasteiger partial charge on any atom is -0.468 e. The molecule has 0 aromatic carbocycles. The van der Waals surface area contributed by atoms with Crippen molar-refractivity contribution in [2.24, 2.45) is 5.41 Å². The average Bonchev–Trinajstić information content (AvgIpc) is 2.86. The minimum atomic E-state index is -0.900. The fourth-order valence-electron chi connectivity index (χ4n) is 3.11. The lowest BCUT2D eigenvalue weighted by molar-refractivity contribution is -0.226. The van der Waals surface area contributed by atoms with E-state index in [-0.39, 0.29) is 5.97 Å². The van der Waals surface area contributed by atoms with Gasteiger partial charge in [0.25, 0.3) is 0 Å². The second-order valence-electron chi connectivity index (χ2n) is 5.10. The summed E-state index contributed by atoms with van der Waals surface area (Å²) in [6.45, 7) is 1.06. The van der Waals surface area contributed by atoms with Crippen molar-refractivity contribution in [3.63, 3.8) is 0 Å². The number of carbonyl (C=O) groups excluding carboxylic acids is 2. The van der Waals surface area contributed by atoms with E-state index in [1.54, 1.807) is 6.08 Å². The van der Waals surface area contributed by atoms with E-state index in [1.165, 1.54) is 13.2 Å². The van der Waals surface area contributed by atoms with Crippen LogP contribution in [-0.4, -0.2) is 44.2 Å². The van der Waals surface area contributed by atoms with Gasteiger partial charge in [-0.15, -0.1) is 0 Å². The van der Waals surface area contributed by atoms with Gasteiger partial charge in [-0.25, -0.2) is 4.79 Å². The highest BCUT2D eigenvalue weighted by Gasteiger charge is 2.58. The molecule has 1 spiro atoms. The summed E-state index contributed by atoms with van der Waals surface area (Å²) in [4.78, 5) is 23.5. The Morgan fingerprint density at radius 1 is 1.37 bits per heavy atom. The Morgan fingerprint density at radius 2 is 2.11 bits per heavy atom. The first-order chi connectivity index (χ1) is 9.10. The SMILES string of the molecule is COC(=O)[C@@]12C=CC(=O)O[C@H]1CC1(CC2)OCCO1. The maximum atomic E-state index is 12.1. The van der Waals surface area contributed by atoms with Crippen LogP contribution >= 0.6 is 0 Å². The van der Waals surface area contributed by atoms with Crippen LogP contribution in [-0.2, 0) is 28.5 Å². The second-order valence-corrected chi connectivity index (χ2v) is 5.10. The quantitative estimate of drug-likeness (QED) is 0.647. The summed E-state index contributed by atoms with van der Waals surface area (Å²) >= 11 is 0. The molecule has 1 aliphatic carbocycles. The molecular formula is C13H16O6. The Labute approximate surface area is 110 Å². The summed E-state index contributed by atoms with van der Waals surface area (Å²) in [5, 5.41) is 0. The van der Waals surface area contributed by atoms with Crippen molar-refractivity contribution in [3.8, 4) is 0 Å². The molecule has 0 aromatic heterocycles. The third-order valence-electron chi connectivity index (χ3n) is 4.14. The lowest BCUT2D eigenvalue weighted by Gasteiger charge is -2.46. The number of carbonyl (C=O) groups is 2. The van der Waals surface area contributed by atoms with E-state index in [9.17, 15) is 9.59 Å². The molecule has 0 N–H and O–H groups in total. The summed E-state index contributed by atoms with van der Waals surface area (Å²) in [6.07, 6.45) is 3.73. The van der Waals surface area contributed by atoms with E-state index in [2.05, 4.69) is 0 Å². The molecule has 0 radical (unpaired) electrons. The zero-order chi connectivity index (χ0) is 13.5. The number of rotatable bonds is 1. The molecule has 1 saturated heterocycles. The Balaban J connectivity index is 1.91. The molecule has 1 saturated carbocycles. The highest BCUT2D eigenvalue weighted by atomic mass is 16.7. The molecule has 3 aliphatic rings. The van der Waals surface area contributed by atoms with Gasteiger partial charge in [-0.1, -0.05) is 6.08 Å². The van der Waals surface area contributed by atoms with Crippen molar-refractivity contribution < 1.29 is 28.5 Å². The number of esters is 2. The normalized spacial score (nSPS) is 35.8. The number of ether oxygens (including phenoxy) is 4. The Kier molecular flexibility index (Phi) is 2.87. The van der Waals surface area contributed by atoms with Crippen molar-refractivity contribution >= 4 is 11.9 Å². The molecule has 2 heterocycles. The molecule has 0 bridgehead atoms. The van der Waals surface area contributed by atoms with Gasteiger partial charge >= 0.3 is 11.9 Å². The predicted octanol–water partition coefficient (Wildman–Crippen LogP) is 0.554. The lowest BCUT2D eigenvalue weighted by atomic mass is 9.68. The van der Waals surface area contributed by atoms with E-state index in [4.69, 9.17) is 18.9 Å². The first kappa shape index (κ1) is 12.6. The standard InChI is InChI=1S/C13H16O6/c1-16-11(15)12-3-2-10(14)19-9(12)8-13(5-4-12)17-6-7-18-13/h2-3,9H,4-8H2,1H3/t9-,12+/m0/s1. The first-order valence-electron chi connectivity index (χ1n) is 6.36. The number of hydrogen-bond acceptors (Lipinski definition) is 6. The molecule has 104 valence electrons. The monoisotopic (exact) mass is 268 g/mol. The maximum absolute atomic E-state index is 12.1. The van der Waals surface area contributed by atoms with Crippen molar-refractivity contribution in [2.45, 2.75) is 31.2 Å². The fourth-order valence-corrected chi connectivity index (χ4v) is 3.11. The Bertz CT molecular complexity index is 436. The van der Waals surface area contributed by atoms with E-state index in [0.717, 1.165) is 0 Å². The summed E-state index contributed by atoms with van der Waals surface area (Å²) < 4.78 is 21.5. The molecule has 2 atom stereocenters. The third-order valence-corrected chi connectivity index (χ3v) is 4.14. The van der Waals surface area contributed by atoms with Gasteiger partial charge in [0.15, 0.2) is 5.79 Å². The van der Waals surface area contributed by atoms with Crippen LogP contribution in [0.3, 0.4) is 0 Å². The summed E-state index contributed by atoms with van der Waals surface area (Å²) in [5.41, 5.74) is -0.900. The average molecular weight is 268 g/mol. The van der Waals surface area contributed by atoms with Gasteiger partial charge in [0.1, 0.15) is 11.5 Å². The van der Waals surface area contributed by atoms with Crippen LogP contribution in [0.4, 0.5) is 0 Å². The molecule has 2 fully saturated rings. The molecule has 0 amide bonds. The van der Waals surface area contributed by atoms with Crippen LogP contribution in [0, 0.1) is 5.41 Å². The van der Waals surface area contributed by atoms with Gasteiger partial charge in [0.05, 0.1) is 20.3 Å². The van der Waals surface area contributed by atoms with Gasteiger partial charge in [-0.2, -0.15) is 0 Å². The van der Waals surface area contributed by atoms with Crippen LogP contribution in [0.25, 0.3) is 0 Å². The third kappa shape index (κ3) is 1.86. The molecule has 19 heavy (non-hydrogen) atoms. The predicted molar refractivity (Wildman–Crippen MR) is 62.0 cm³/mol. The molecule has 2 aliphatic heterocycles. The van der Waals surface area contributed by atoms with Crippen LogP contribution in [0.15, 0.2) is 12.2 Å². The highest BCUT2D eigenvalue weighted by Crippen LogP contribution is 2.49. The van der Waals surface area contributed by atoms with Crippen LogP contribution in [0.2, 0.25) is 0 Å². The maximum Gasteiger partial charge on any atom is 0.330 e. The van der Waals surface area contributed by atoms with Gasteiger partial charge in [0.2, 0.25) is 0 Å². The lowest BCUT2D eigenvalue weighted by Crippen LogP contribution is -2.55. The van der Waals surface area contributed by atoms with E-state index in [0.29, 0.717) is 32.5 Å². The molecule has 6 nitrogen and oxygen atoms in total. The van der Waals surface area contributed by atoms with Gasteiger partial charge in [-0.05, 0) is 6.42 Å². The number of methoxy groups -OCH3 is 1. The van der Waals surface area contributed by atoms with Gasteiger partial charge in [-0.3, -0.25) is 4.79 Å². The zero-order valence-corrected chi connectivity index (χ0v) is 10.7. The smallest absolute Gasteiger partial charge is 0.330 e. The van der Waals surface area contributed by atoms with E-state index in [1.807, 2.05) is 0 Å². The van der Waals surface area contributed by atoms with Crippen LogP contribution < -0.4 is 0 Å². The fraction of sp³-hybridized carbons (Fsp3) is 0.692. The van der Waals surface area contributed by atoms with Crippen molar-refractivity contribution in [1.29, 1.82) is 0 Å². The Hall–Kier alpha value is -1.40.